The van der Waals surface area contributed by atoms with Crippen LogP contribution >= 0.6 is 0 Å². The molecule has 15 heavy (non-hydrogen) atoms. The van der Waals surface area contributed by atoms with Crippen molar-refractivity contribution in [3.05, 3.63) is 23.8 Å². The van der Waals surface area contributed by atoms with Gasteiger partial charge in [-0.3, -0.25) is 0 Å². The minimum absolute atomic E-state index is 0.178. The molecule has 82 valence electrons. The highest BCUT2D eigenvalue weighted by atomic mass is 16.5. The van der Waals surface area contributed by atoms with Crippen molar-refractivity contribution in [2.75, 3.05) is 13.7 Å². The fourth-order valence-corrected chi connectivity index (χ4v) is 1.38. The van der Waals surface area contributed by atoms with E-state index in [-0.39, 0.29) is 5.75 Å². The van der Waals surface area contributed by atoms with Gasteiger partial charge in [0.1, 0.15) is 11.5 Å². The lowest BCUT2D eigenvalue weighted by Gasteiger charge is -2.11. The van der Waals surface area contributed by atoms with Crippen LogP contribution in [0, 0.1) is 0 Å². The summed E-state index contributed by atoms with van der Waals surface area (Å²) in [6.45, 7) is 4.27. The molecule has 0 aliphatic heterocycles. The van der Waals surface area contributed by atoms with Crippen LogP contribution in [0.25, 0.3) is 0 Å². The van der Waals surface area contributed by atoms with Gasteiger partial charge in [-0.1, -0.05) is 6.07 Å². The Balaban J connectivity index is 3.18. The predicted molar refractivity (Wildman–Crippen MR) is 60.5 cm³/mol. The molecule has 0 spiro atoms. The van der Waals surface area contributed by atoms with Gasteiger partial charge >= 0.3 is 0 Å². The molecule has 0 radical (unpaired) electrons. The van der Waals surface area contributed by atoms with Crippen molar-refractivity contribution in [2.24, 2.45) is 5.10 Å². The molecule has 0 atom stereocenters. The van der Waals surface area contributed by atoms with Crippen LogP contribution in [0.1, 0.15) is 19.4 Å². The lowest BCUT2D eigenvalue weighted by atomic mass is 10.1. The lowest BCUT2D eigenvalue weighted by Crippen LogP contribution is -2.06. The highest BCUT2D eigenvalue weighted by Crippen LogP contribution is 2.28. The van der Waals surface area contributed by atoms with Gasteiger partial charge in [-0.2, -0.15) is 5.10 Å². The summed E-state index contributed by atoms with van der Waals surface area (Å²) in [6, 6.07) is 5.18. The Morgan fingerprint density at radius 2 is 2.27 bits per heavy atom. The number of phenols is 1. The summed E-state index contributed by atoms with van der Waals surface area (Å²) in [4.78, 5) is 0. The topological polar surface area (TPSA) is 53.9 Å². The number of nitrogens with one attached hydrogen (secondary N) is 1. The van der Waals surface area contributed by atoms with Crippen LogP contribution in [0.2, 0.25) is 0 Å². The summed E-state index contributed by atoms with van der Waals surface area (Å²) in [5, 5.41) is 13.8. The summed E-state index contributed by atoms with van der Waals surface area (Å²) < 4.78 is 5.42. The van der Waals surface area contributed by atoms with Gasteiger partial charge < -0.3 is 15.3 Å². The van der Waals surface area contributed by atoms with Crippen LogP contribution < -0.4 is 10.2 Å². The molecule has 0 unspecified atom stereocenters. The van der Waals surface area contributed by atoms with Crippen LogP contribution in [0.15, 0.2) is 23.3 Å². The third-order valence-corrected chi connectivity index (χ3v) is 1.95. The number of benzene rings is 1. The van der Waals surface area contributed by atoms with E-state index in [0.29, 0.717) is 23.6 Å². The van der Waals surface area contributed by atoms with Gasteiger partial charge in [0.2, 0.25) is 0 Å². The van der Waals surface area contributed by atoms with Crippen molar-refractivity contribution in [1.82, 2.24) is 5.43 Å². The molecule has 1 rings (SSSR count). The number of hydrogen-bond acceptors (Lipinski definition) is 4. The first-order valence-electron chi connectivity index (χ1n) is 4.86. The largest absolute Gasteiger partial charge is 0.507 e. The number of phenolic OH excluding ortho intramolecular Hbond substituents is 1. The van der Waals surface area contributed by atoms with E-state index in [9.17, 15) is 5.11 Å². The number of aromatic hydroxyl groups is 1. The van der Waals surface area contributed by atoms with E-state index in [1.165, 1.54) is 0 Å². The maximum absolute atomic E-state index is 9.73. The van der Waals surface area contributed by atoms with Crippen molar-refractivity contribution in [3.63, 3.8) is 0 Å². The van der Waals surface area contributed by atoms with Crippen LogP contribution in [0.4, 0.5) is 0 Å². The normalized spacial score (nSPS) is 11.3. The average Bonchev–Trinajstić information content (AvgIpc) is 2.18. The monoisotopic (exact) mass is 208 g/mol. The molecule has 0 fully saturated rings. The number of hydrogen-bond donors (Lipinski definition) is 2. The molecule has 1 aromatic carbocycles. The van der Waals surface area contributed by atoms with E-state index < -0.39 is 0 Å². The summed E-state index contributed by atoms with van der Waals surface area (Å²) in [5.74, 6) is 0.825. The Kier molecular flexibility index (Phi) is 3.97. The SMILES string of the molecule is CCOc1cccc(O)c1/C(C)=N/NC. The molecule has 0 bridgehead atoms. The zero-order chi connectivity index (χ0) is 11.3. The van der Waals surface area contributed by atoms with Crippen LogP contribution in [-0.4, -0.2) is 24.5 Å². The fraction of sp³-hybridized carbons (Fsp3) is 0.364. The number of hydrazone groups is 1. The number of ether oxygens (including phenoxy) is 1. The molecule has 0 saturated heterocycles. The molecule has 2 N–H and O–H groups in total. The van der Waals surface area contributed by atoms with Gasteiger partial charge in [-0.25, -0.2) is 0 Å². The minimum Gasteiger partial charge on any atom is -0.507 e. The smallest absolute Gasteiger partial charge is 0.132 e. The van der Waals surface area contributed by atoms with Crippen LogP contribution in [0.3, 0.4) is 0 Å². The molecule has 0 heterocycles. The molecule has 4 heteroatoms. The van der Waals surface area contributed by atoms with E-state index in [2.05, 4.69) is 10.5 Å². The first-order valence-corrected chi connectivity index (χ1v) is 4.86. The summed E-state index contributed by atoms with van der Waals surface area (Å²) in [7, 11) is 1.71. The van der Waals surface area contributed by atoms with E-state index in [4.69, 9.17) is 4.74 Å². The second-order valence-corrected chi connectivity index (χ2v) is 3.00. The third-order valence-electron chi connectivity index (χ3n) is 1.95. The van der Waals surface area contributed by atoms with E-state index in [1.807, 2.05) is 19.9 Å². The average molecular weight is 208 g/mol. The lowest BCUT2D eigenvalue weighted by molar-refractivity contribution is 0.337. The zero-order valence-corrected chi connectivity index (χ0v) is 9.24. The van der Waals surface area contributed by atoms with E-state index >= 15 is 0 Å². The van der Waals surface area contributed by atoms with Gasteiger partial charge in [-0.15, -0.1) is 0 Å². The van der Waals surface area contributed by atoms with Crippen molar-refractivity contribution in [2.45, 2.75) is 13.8 Å². The molecular formula is C11H16N2O2. The number of nitrogens with zero attached hydrogens (tertiary/aromatic N) is 1. The molecule has 0 amide bonds. The maximum atomic E-state index is 9.73. The molecule has 4 nitrogen and oxygen atoms in total. The van der Waals surface area contributed by atoms with E-state index in [1.54, 1.807) is 19.2 Å². The Hall–Kier alpha value is -1.71. The summed E-state index contributed by atoms with van der Waals surface area (Å²) in [5.41, 5.74) is 4.01. The van der Waals surface area contributed by atoms with Gasteiger partial charge in [0.05, 0.1) is 17.9 Å². The van der Waals surface area contributed by atoms with Gasteiger partial charge in [-0.05, 0) is 26.0 Å². The highest BCUT2D eigenvalue weighted by molar-refractivity contribution is 6.03. The van der Waals surface area contributed by atoms with Gasteiger partial charge in [0, 0.05) is 7.05 Å². The number of rotatable bonds is 4. The van der Waals surface area contributed by atoms with Crippen molar-refractivity contribution in [3.8, 4) is 11.5 Å². The Morgan fingerprint density at radius 1 is 1.53 bits per heavy atom. The third kappa shape index (κ3) is 2.62. The van der Waals surface area contributed by atoms with Crippen LogP contribution in [0.5, 0.6) is 11.5 Å². The van der Waals surface area contributed by atoms with Crippen LogP contribution in [-0.2, 0) is 0 Å². The Bertz CT molecular complexity index is 362. The van der Waals surface area contributed by atoms with Crippen molar-refractivity contribution >= 4 is 5.71 Å². The fourth-order valence-electron chi connectivity index (χ4n) is 1.38. The molecule has 0 saturated carbocycles. The second kappa shape index (κ2) is 5.24. The van der Waals surface area contributed by atoms with Crippen molar-refractivity contribution in [1.29, 1.82) is 0 Å². The molecule has 1 aromatic rings. The maximum Gasteiger partial charge on any atom is 0.132 e. The molecule has 0 aliphatic carbocycles. The first-order chi connectivity index (χ1) is 7.20. The van der Waals surface area contributed by atoms with E-state index in [0.717, 1.165) is 0 Å². The molecular weight excluding hydrogens is 192 g/mol. The molecule has 0 aliphatic rings. The Labute approximate surface area is 89.6 Å². The minimum atomic E-state index is 0.178. The first kappa shape index (κ1) is 11.4. The van der Waals surface area contributed by atoms with Gasteiger partial charge in [0.25, 0.3) is 0 Å². The quantitative estimate of drug-likeness (QED) is 0.585. The Morgan fingerprint density at radius 3 is 2.87 bits per heavy atom. The molecule has 0 aromatic heterocycles. The van der Waals surface area contributed by atoms with Gasteiger partial charge in [0.15, 0.2) is 0 Å². The predicted octanol–water partition coefficient (Wildman–Crippen LogP) is 1.73. The summed E-state index contributed by atoms with van der Waals surface area (Å²) >= 11 is 0. The highest BCUT2D eigenvalue weighted by Gasteiger charge is 2.11. The van der Waals surface area contributed by atoms with Crippen molar-refractivity contribution < 1.29 is 9.84 Å². The second-order valence-electron chi connectivity index (χ2n) is 3.00. The standard InChI is InChI=1S/C11H16N2O2/c1-4-15-10-7-5-6-9(14)11(10)8(2)13-12-3/h5-7,12,14H,4H2,1-3H3/b13-8+. The zero-order valence-electron chi connectivity index (χ0n) is 9.24. The summed E-state index contributed by atoms with van der Waals surface area (Å²) in [6.07, 6.45) is 0.